The van der Waals surface area contributed by atoms with Crippen molar-refractivity contribution in [3.05, 3.63) is 35.5 Å². The fourth-order valence-electron chi connectivity index (χ4n) is 2.10. The summed E-state index contributed by atoms with van der Waals surface area (Å²) in [7, 11) is 0. The average molecular weight is 359 g/mol. The molecule has 1 aliphatic rings. The second-order valence-corrected chi connectivity index (χ2v) is 4.82. The maximum Gasteiger partial charge on any atom is 0.416 e. The zero-order valence-corrected chi connectivity index (χ0v) is 12.5. The zero-order valence-electron chi connectivity index (χ0n) is 12.5. The van der Waals surface area contributed by atoms with E-state index in [0.29, 0.717) is 0 Å². The molecule has 3 rings (SSSR count). The number of alkyl halides is 3. The molecule has 1 unspecified atom stereocenters. The Morgan fingerprint density at radius 1 is 1.32 bits per heavy atom. The number of benzene rings is 1. The van der Waals surface area contributed by atoms with Crippen LogP contribution in [0.1, 0.15) is 11.3 Å². The normalized spacial score (nSPS) is 17.4. The van der Waals surface area contributed by atoms with E-state index in [0.717, 1.165) is 17.0 Å². The zero-order chi connectivity index (χ0) is 18.0. The number of hydrogen-bond acceptors (Lipinski definition) is 9. The molecule has 0 saturated heterocycles. The number of halogens is 3. The lowest BCUT2D eigenvalue weighted by Crippen LogP contribution is -2.37. The van der Waals surface area contributed by atoms with Gasteiger partial charge in [0, 0.05) is 12.2 Å². The molecule has 1 aromatic heterocycles. The minimum atomic E-state index is -4.55. The Morgan fingerprint density at radius 2 is 2.12 bits per heavy atom. The summed E-state index contributed by atoms with van der Waals surface area (Å²) in [5.41, 5.74) is 4.35. The van der Waals surface area contributed by atoms with Crippen LogP contribution in [0.4, 0.5) is 18.9 Å². The van der Waals surface area contributed by atoms with Gasteiger partial charge in [0.15, 0.2) is 0 Å². The fourth-order valence-corrected chi connectivity index (χ4v) is 2.10. The van der Waals surface area contributed by atoms with Crippen molar-refractivity contribution < 1.29 is 32.5 Å². The van der Waals surface area contributed by atoms with Gasteiger partial charge in [-0.05, 0) is 28.5 Å². The van der Waals surface area contributed by atoms with Crippen molar-refractivity contribution in [1.82, 2.24) is 10.3 Å². The standard InChI is InChI=1S/C13H12F3N5O4/c14-13(15,16)7-2-1-3-8(6-7)21-10(19-24-12(21)22)9-11(20-25-18-9)23-5-4-17/h1-3,6,12,22H,4-5,17H2. The fraction of sp³-hybridized carbons (Fsp3) is 0.308. The monoisotopic (exact) mass is 359 g/mol. The van der Waals surface area contributed by atoms with E-state index in [1.54, 1.807) is 0 Å². The Balaban J connectivity index is 1.96. The number of aromatic nitrogens is 2. The highest BCUT2D eigenvalue weighted by Gasteiger charge is 2.37. The summed E-state index contributed by atoms with van der Waals surface area (Å²) in [5.74, 6) is -0.209. The molecule has 0 saturated carbocycles. The molecular weight excluding hydrogens is 347 g/mol. The van der Waals surface area contributed by atoms with Crippen LogP contribution in [0, 0.1) is 0 Å². The first-order valence-electron chi connectivity index (χ1n) is 6.96. The Morgan fingerprint density at radius 3 is 2.84 bits per heavy atom. The molecule has 1 aliphatic heterocycles. The minimum absolute atomic E-state index is 0.0219. The van der Waals surface area contributed by atoms with Gasteiger partial charge >= 0.3 is 12.6 Å². The van der Waals surface area contributed by atoms with Gasteiger partial charge in [0.25, 0.3) is 5.88 Å². The third kappa shape index (κ3) is 3.34. The van der Waals surface area contributed by atoms with Crippen LogP contribution in [0.25, 0.3) is 0 Å². The van der Waals surface area contributed by atoms with Crippen LogP contribution in [-0.2, 0) is 11.0 Å². The van der Waals surface area contributed by atoms with Gasteiger partial charge in [-0.15, -0.1) is 0 Å². The second kappa shape index (κ2) is 6.57. The molecule has 2 heterocycles. The van der Waals surface area contributed by atoms with Gasteiger partial charge in [-0.1, -0.05) is 11.2 Å². The molecule has 0 radical (unpaired) electrons. The van der Waals surface area contributed by atoms with E-state index in [1.807, 2.05) is 0 Å². The van der Waals surface area contributed by atoms with Crippen LogP contribution in [0.15, 0.2) is 34.1 Å². The summed E-state index contributed by atoms with van der Waals surface area (Å²) in [5, 5.41) is 20.7. The molecule has 2 aromatic rings. The van der Waals surface area contributed by atoms with Crippen LogP contribution in [-0.4, -0.2) is 40.8 Å². The predicted molar refractivity (Wildman–Crippen MR) is 76.4 cm³/mol. The number of aliphatic hydroxyl groups excluding tert-OH is 1. The molecule has 9 nitrogen and oxygen atoms in total. The molecule has 0 aliphatic carbocycles. The summed E-state index contributed by atoms with van der Waals surface area (Å²) in [6.45, 7) is 0.288. The quantitative estimate of drug-likeness (QED) is 0.808. The maximum absolute atomic E-state index is 12.9. The molecule has 0 amide bonds. The number of oxime groups is 1. The van der Waals surface area contributed by atoms with Crippen molar-refractivity contribution in [2.45, 2.75) is 12.6 Å². The van der Waals surface area contributed by atoms with Gasteiger partial charge < -0.3 is 20.4 Å². The lowest BCUT2D eigenvalue weighted by molar-refractivity contribution is -0.137. The first-order valence-corrected chi connectivity index (χ1v) is 6.96. The van der Waals surface area contributed by atoms with Gasteiger partial charge in [-0.3, -0.25) is 4.90 Å². The molecule has 25 heavy (non-hydrogen) atoms. The van der Waals surface area contributed by atoms with E-state index in [2.05, 4.69) is 20.1 Å². The SMILES string of the molecule is NCCOc1nonc1C1=NOC(O)N1c1cccc(C(F)(F)F)c1. The molecule has 0 bridgehead atoms. The number of aliphatic hydroxyl groups is 1. The number of anilines is 1. The summed E-state index contributed by atoms with van der Waals surface area (Å²) in [6.07, 6.45) is -6.21. The molecule has 1 aromatic carbocycles. The van der Waals surface area contributed by atoms with E-state index < -0.39 is 18.2 Å². The molecule has 1 atom stereocenters. The highest BCUT2D eigenvalue weighted by atomic mass is 19.4. The number of rotatable bonds is 5. The largest absolute Gasteiger partial charge is 0.472 e. The number of amidine groups is 1. The topological polar surface area (TPSA) is 119 Å². The van der Waals surface area contributed by atoms with Gasteiger partial charge in [-0.2, -0.15) is 13.2 Å². The smallest absolute Gasteiger partial charge is 0.416 e. The van der Waals surface area contributed by atoms with Gasteiger partial charge in [0.05, 0.1) is 5.56 Å². The Labute approximate surface area is 138 Å². The van der Waals surface area contributed by atoms with Crippen LogP contribution in [0.2, 0.25) is 0 Å². The second-order valence-electron chi connectivity index (χ2n) is 4.82. The molecular formula is C13H12F3N5O4. The molecule has 0 fully saturated rings. The van der Waals surface area contributed by atoms with Gasteiger partial charge in [0.1, 0.15) is 6.61 Å². The molecule has 134 valence electrons. The van der Waals surface area contributed by atoms with Crippen LogP contribution in [0.3, 0.4) is 0 Å². The molecule has 0 spiro atoms. The molecule has 3 N–H and O–H groups in total. The van der Waals surface area contributed by atoms with Crippen molar-refractivity contribution in [1.29, 1.82) is 0 Å². The number of hydrogen-bond donors (Lipinski definition) is 2. The lowest BCUT2D eigenvalue weighted by Gasteiger charge is -2.21. The highest BCUT2D eigenvalue weighted by molar-refractivity contribution is 6.10. The van der Waals surface area contributed by atoms with Crippen LogP contribution < -0.4 is 15.4 Å². The van der Waals surface area contributed by atoms with Crippen molar-refractivity contribution in [2.75, 3.05) is 18.1 Å². The van der Waals surface area contributed by atoms with E-state index in [9.17, 15) is 18.3 Å². The predicted octanol–water partition coefficient (Wildman–Crippen LogP) is 0.900. The molecule has 12 heteroatoms. The highest BCUT2D eigenvalue weighted by Crippen LogP contribution is 2.34. The van der Waals surface area contributed by atoms with Crippen molar-refractivity contribution >= 4 is 11.5 Å². The lowest BCUT2D eigenvalue weighted by atomic mass is 10.1. The Bertz CT molecular complexity index is 779. The van der Waals surface area contributed by atoms with Crippen LogP contribution in [0.5, 0.6) is 5.88 Å². The maximum atomic E-state index is 12.9. The van der Waals surface area contributed by atoms with E-state index in [4.69, 9.17) is 15.3 Å². The Kier molecular flexibility index (Phi) is 4.46. The number of nitrogens with two attached hydrogens (primary N) is 1. The van der Waals surface area contributed by atoms with Gasteiger partial charge in [-0.25, -0.2) is 4.63 Å². The minimum Gasteiger partial charge on any atom is -0.472 e. The third-order valence-corrected chi connectivity index (χ3v) is 3.16. The van der Waals surface area contributed by atoms with Gasteiger partial charge in [0.2, 0.25) is 11.5 Å². The summed E-state index contributed by atoms with van der Waals surface area (Å²) < 4.78 is 48.5. The van der Waals surface area contributed by atoms with Crippen molar-refractivity contribution in [3.63, 3.8) is 0 Å². The number of nitrogens with zero attached hydrogens (tertiary/aromatic N) is 4. The Hall–Kier alpha value is -2.86. The van der Waals surface area contributed by atoms with E-state index >= 15 is 0 Å². The first kappa shape index (κ1) is 17.0. The summed E-state index contributed by atoms with van der Waals surface area (Å²) in [4.78, 5) is 5.73. The summed E-state index contributed by atoms with van der Waals surface area (Å²) >= 11 is 0. The van der Waals surface area contributed by atoms with Crippen molar-refractivity contribution in [3.8, 4) is 5.88 Å². The van der Waals surface area contributed by atoms with E-state index in [1.165, 1.54) is 12.1 Å². The van der Waals surface area contributed by atoms with Crippen molar-refractivity contribution in [2.24, 2.45) is 10.9 Å². The summed E-state index contributed by atoms with van der Waals surface area (Å²) in [6, 6.07) is 4.27. The third-order valence-electron chi connectivity index (χ3n) is 3.16. The number of ether oxygens (including phenoxy) is 1. The first-order chi connectivity index (χ1) is 11.9. The average Bonchev–Trinajstić information content (AvgIpc) is 3.18. The van der Waals surface area contributed by atoms with Crippen LogP contribution >= 0.6 is 0 Å². The van der Waals surface area contributed by atoms with E-state index in [-0.39, 0.29) is 36.2 Å².